The highest BCUT2D eigenvalue weighted by molar-refractivity contribution is 5.47. The smallest absolute Gasteiger partial charge is 0.209 e. The molecular formula is C10H12FNO2. The van der Waals surface area contributed by atoms with Crippen LogP contribution >= 0.6 is 0 Å². The molecule has 1 aromatic carbocycles. The van der Waals surface area contributed by atoms with Crippen LogP contribution in [0, 0.1) is 5.82 Å². The Hall–Kier alpha value is -1.58. The van der Waals surface area contributed by atoms with Crippen LogP contribution in [0.15, 0.2) is 18.2 Å². The lowest BCUT2D eigenvalue weighted by atomic mass is 10.2. The minimum Gasteiger partial charge on any atom is -0.494 e. The third kappa shape index (κ3) is 2.45. The van der Waals surface area contributed by atoms with E-state index in [1.165, 1.54) is 18.1 Å². The predicted molar refractivity (Wildman–Crippen MR) is 50.5 cm³/mol. The summed E-state index contributed by atoms with van der Waals surface area (Å²) in [5, 5.41) is 0. The molecule has 1 rings (SSSR count). The number of hydrogen-bond donors (Lipinski definition) is 0. The maximum Gasteiger partial charge on any atom is 0.209 e. The van der Waals surface area contributed by atoms with Gasteiger partial charge < -0.3 is 9.64 Å². The Morgan fingerprint density at radius 3 is 2.86 bits per heavy atom. The van der Waals surface area contributed by atoms with Crippen molar-refractivity contribution in [3.05, 3.63) is 29.6 Å². The number of carbonyl (C=O) groups excluding carboxylic acids is 1. The number of benzene rings is 1. The quantitative estimate of drug-likeness (QED) is 0.683. The van der Waals surface area contributed by atoms with Crippen LogP contribution in [0.4, 0.5) is 4.39 Å². The predicted octanol–water partition coefficient (Wildman–Crippen LogP) is 1.42. The van der Waals surface area contributed by atoms with Crippen molar-refractivity contribution in [3.8, 4) is 5.75 Å². The second kappa shape index (κ2) is 4.60. The number of halogens is 1. The fourth-order valence-corrected chi connectivity index (χ4v) is 1.13. The molecule has 0 heterocycles. The molecule has 1 aromatic rings. The van der Waals surface area contributed by atoms with Crippen LogP contribution in [0.2, 0.25) is 0 Å². The number of nitrogens with zero attached hydrogens (tertiary/aromatic N) is 1. The van der Waals surface area contributed by atoms with Crippen molar-refractivity contribution in [1.29, 1.82) is 0 Å². The molecule has 0 fully saturated rings. The second-order valence-corrected chi connectivity index (χ2v) is 2.99. The molecular weight excluding hydrogens is 185 g/mol. The van der Waals surface area contributed by atoms with Crippen molar-refractivity contribution in [3.63, 3.8) is 0 Å². The van der Waals surface area contributed by atoms with E-state index in [4.69, 9.17) is 4.74 Å². The third-order valence-electron chi connectivity index (χ3n) is 1.83. The minimum absolute atomic E-state index is 0.196. The van der Waals surface area contributed by atoms with Crippen molar-refractivity contribution in [2.24, 2.45) is 0 Å². The molecule has 0 aliphatic carbocycles. The summed E-state index contributed by atoms with van der Waals surface area (Å²) in [6.45, 7) is 0.445. The van der Waals surface area contributed by atoms with Crippen LogP contribution in [0.1, 0.15) is 5.56 Å². The molecule has 0 radical (unpaired) electrons. The molecule has 3 nitrogen and oxygen atoms in total. The molecule has 4 heteroatoms. The fraction of sp³-hybridized carbons (Fsp3) is 0.300. The van der Waals surface area contributed by atoms with E-state index in [1.807, 2.05) is 0 Å². The summed E-state index contributed by atoms with van der Waals surface area (Å²) in [6.07, 6.45) is 0.718. The average Bonchev–Trinajstić information content (AvgIpc) is 2.20. The molecule has 76 valence electrons. The van der Waals surface area contributed by atoms with Crippen LogP contribution in [0.5, 0.6) is 5.75 Å². The molecule has 0 saturated heterocycles. The van der Waals surface area contributed by atoms with Gasteiger partial charge in [0, 0.05) is 13.6 Å². The third-order valence-corrected chi connectivity index (χ3v) is 1.83. The van der Waals surface area contributed by atoms with Gasteiger partial charge in [0.05, 0.1) is 7.11 Å². The molecule has 14 heavy (non-hydrogen) atoms. The van der Waals surface area contributed by atoms with E-state index >= 15 is 0 Å². The first kappa shape index (κ1) is 10.5. The van der Waals surface area contributed by atoms with Crippen molar-refractivity contribution in [2.45, 2.75) is 6.54 Å². The van der Waals surface area contributed by atoms with Crippen molar-refractivity contribution < 1.29 is 13.9 Å². The van der Waals surface area contributed by atoms with Gasteiger partial charge in [0.25, 0.3) is 0 Å². The standard InChI is InChI=1S/C10H12FNO2/c1-12(7-13)6-8-3-4-9(11)10(5-8)14-2/h3-5,7H,6H2,1-2H3. The summed E-state index contributed by atoms with van der Waals surface area (Å²) in [4.78, 5) is 11.8. The van der Waals surface area contributed by atoms with Gasteiger partial charge in [-0.2, -0.15) is 0 Å². The van der Waals surface area contributed by atoms with E-state index in [1.54, 1.807) is 19.2 Å². The summed E-state index contributed by atoms with van der Waals surface area (Å²) in [7, 11) is 3.06. The van der Waals surface area contributed by atoms with Crippen LogP contribution in [0.3, 0.4) is 0 Å². The Balaban J connectivity index is 2.84. The van der Waals surface area contributed by atoms with Gasteiger partial charge in [0.2, 0.25) is 6.41 Å². The molecule has 0 aliphatic rings. The maximum absolute atomic E-state index is 13.0. The zero-order valence-corrected chi connectivity index (χ0v) is 8.16. The number of carbonyl (C=O) groups is 1. The van der Waals surface area contributed by atoms with E-state index in [9.17, 15) is 9.18 Å². The average molecular weight is 197 g/mol. The van der Waals surface area contributed by atoms with Gasteiger partial charge in [-0.1, -0.05) is 6.07 Å². The maximum atomic E-state index is 13.0. The van der Waals surface area contributed by atoms with Gasteiger partial charge in [0.1, 0.15) is 0 Å². The SMILES string of the molecule is COc1cc(CN(C)C=O)ccc1F. The van der Waals surface area contributed by atoms with Crippen LogP contribution in [0.25, 0.3) is 0 Å². The molecule has 0 spiro atoms. The lowest BCUT2D eigenvalue weighted by Gasteiger charge is -2.11. The van der Waals surface area contributed by atoms with Crippen LogP contribution in [-0.4, -0.2) is 25.5 Å². The Bertz CT molecular complexity index is 328. The first-order chi connectivity index (χ1) is 6.67. The van der Waals surface area contributed by atoms with Gasteiger partial charge in [0.15, 0.2) is 11.6 Å². The molecule has 0 aromatic heterocycles. The molecule has 0 N–H and O–H groups in total. The number of ether oxygens (including phenoxy) is 1. The van der Waals surface area contributed by atoms with Gasteiger partial charge in [-0.3, -0.25) is 4.79 Å². The van der Waals surface area contributed by atoms with E-state index in [0.29, 0.717) is 6.54 Å². The highest BCUT2D eigenvalue weighted by Gasteiger charge is 2.04. The fourth-order valence-electron chi connectivity index (χ4n) is 1.13. The second-order valence-electron chi connectivity index (χ2n) is 2.99. The molecule has 0 unspecified atom stereocenters. The van der Waals surface area contributed by atoms with E-state index in [0.717, 1.165) is 12.0 Å². The molecule has 0 saturated carbocycles. The van der Waals surface area contributed by atoms with Crippen LogP contribution < -0.4 is 4.74 Å². The summed E-state index contributed by atoms with van der Waals surface area (Å²) in [6, 6.07) is 4.53. The minimum atomic E-state index is -0.398. The largest absolute Gasteiger partial charge is 0.494 e. The first-order valence-electron chi connectivity index (χ1n) is 4.15. The number of amides is 1. The molecule has 1 amide bonds. The summed E-state index contributed by atoms with van der Waals surface area (Å²) in [5.74, 6) is -0.202. The lowest BCUT2D eigenvalue weighted by molar-refractivity contribution is -0.117. The summed E-state index contributed by atoms with van der Waals surface area (Å²) >= 11 is 0. The first-order valence-corrected chi connectivity index (χ1v) is 4.15. The topological polar surface area (TPSA) is 29.5 Å². The van der Waals surface area contributed by atoms with E-state index in [2.05, 4.69) is 0 Å². The zero-order chi connectivity index (χ0) is 10.6. The number of hydrogen-bond acceptors (Lipinski definition) is 2. The van der Waals surface area contributed by atoms with Crippen LogP contribution in [-0.2, 0) is 11.3 Å². The van der Waals surface area contributed by atoms with Crippen molar-refractivity contribution in [2.75, 3.05) is 14.2 Å². The zero-order valence-electron chi connectivity index (χ0n) is 8.16. The normalized spacial score (nSPS) is 9.64. The molecule has 0 atom stereocenters. The number of methoxy groups -OCH3 is 1. The van der Waals surface area contributed by atoms with Gasteiger partial charge in [-0.05, 0) is 17.7 Å². The number of rotatable bonds is 4. The Morgan fingerprint density at radius 1 is 1.57 bits per heavy atom. The Morgan fingerprint density at radius 2 is 2.29 bits per heavy atom. The Labute approximate surface area is 82.1 Å². The highest BCUT2D eigenvalue weighted by atomic mass is 19.1. The van der Waals surface area contributed by atoms with Gasteiger partial charge in [-0.25, -0.2) is 4.39 Å². The highest BCUT2D eigenvalue weighted by Crippen LogP contribution is 2.18. The van der Waals surface area contributed by atoms with Crippen molar-refractivity contribution >= 4 is 6.41 Å². The van der Waals surface area contributed by atoms with Crippen molar-refractivity contribution in [1.82, 2.24) is 4.90 Å². The summed E-state index contributed by atoms with van der Waals surface area (Å²) < 4.78 is 17.8. The van der Waals surface area contributed by atoms with E-state index < -0.39 is 5.82 Å². The molecule has 0 bridgehead atoms. The monoisotopic (exact) mass is 197 g/mol. The molecule has 0 aliphatic heterocycles. The van der Waals surface area contributed by atoms with Gasteiger partial charge in [-0.15, -0.1) is 0 Å². The Kier molecular flexibility index (Phi) is 3.45. The van der Waals surface area contributed by atoms with Gasteiger partial charge >= 0.3 is 0 Å². The summed E-state index contributed by atoms with van der Waals surface area (Å²) in [5.41, 5.74) is 0.831. The van der Waals surface area contributed by atoms with E-state index in [-0.39, 0.29) is 5.75 Å². The lowest BCUT2D eigenvalue weighted by Crippen LogP contribution is -2.14.